The average molecular weight is 312 g/mol. The molecular weight excluding hydrogens is 288 g/mol. The molecule has 0 heterocycles. The van der Waals surface area contributed by atoms with Crippen molar-refractivity contribution in [3.8, 4) is 0 Å². The van der Waals surface area contributed by atoms with Gasteiger partial charge in [0.1, 0.15) is 0 Å². The van der Waals surface area contributed by atoms with Crippen LogP contribution in [0, 0.1) is 5.92 Å². The van der Waals surface area contributed by atoms with Gasteiger partial charge in [-0.15, -0.1) is 0 Å². The number of benzene rings is 1. The first-order valence-corrected chi connectivity index (χ1v) is 8.90. The predicted molar refractivity (Wildman–Crippen MR) is 82.4 cm³/mol. The Kier molecular flexibility index (Phi) is 5.75. The van der Waals surface area contributed by atoms with Crippen LogP contribution < -0.4 is 10.5 Å². The van der Waals surface area contributed by atoms with Gasteiger partial charge in [-0.2, -0.15) is 0 Å². The largest absolute Gasteiger partial charge is 0.381 e. The van der Waals surface area contributed by atoms with E-state index in [2.05, 4.69) is 4.72 Å². The molecule has 0 bridgehead atoms. The molecule has 1 fully saturated rings. The summed E-state index contributed by atoms with van der Waals surface area (Å²) in [5.41, 5.74) is 6.59. The fourth-order valence-electron chi connectivity index (χ4n) is 1.96. The van der Waals surface area contributed by atoms with E-state index in [0.717, 1.165) is 18.1 Å². The lowest BCUT2D eigenvalue weighted by molar-refractivity contribution is 0.123. The number of hydrogen-bond acceptors (Lipinski definition) is 4. The Balaban J connectivity index is 1.78. The van der Waals surface area contributed by atoms with Gasteiger partial charge in [-0.05, 0) is 49.8 Å². The second-order valence-electron chi connectivity index (χ2n) is 5.63. The minimum Gasteiger partial charge on any atom is -0.381 e. The van der Waals surface area contributed by atoms with Gasteiger partial charge in [-0.1, -0.05) is 12.1 Å². The van der Waals surface area contributed by atoms with Crippen molar-refractivity contribution < 1.29 is 13.2 Å². The molecule has 1 aliphatic rings. The Hall–Kier alpha value is -0.950. The molecular formula is C15H24N2O3S. The maximum absolute atomic E-state index is 12.2. The molecule has 21 heavy (non-hydrogen) atoms. The fourth-order valence-corrected chi connectivity index (χ4v) is 3.09. The molecule has 0 saturated heterocycles. The van der Waals surface area contributed by atoms with Gasteiger partial charge in [0, 0.05) is 25.8 Å². The second kappa shape index (κ2) is 7.35. The Morgan fingerprint density at radius 2 is 2.19 bits per heavy atom. The molecule has 0 spiro atoms. The first kappa shape index (κ1) is 16.4. The highest BCUT2D eigenvalue weighted by molar-refractivity contribution is 7.89. The van der Waals surface area contributed by atoms with Crippen molar-refractivity contribution in [1.82, 2.24) is 4.72 Å². The Morgan fingerprint density at radius 1 is 1.43 bits per heavy atom. The Labute approximate surface area is 126 Å². The molecule has 6 heteroatoms. The molecule has 118 valence electrons. The van der Waals surface area contributed by atoms with E-state index in [1.807, 2.05) is 13.0 Å². The van der Waals surface area contributed by atoms with Crippen LogP contribution in [-0.2, 0) is 14.8 Å². The lowest BCUT2D eigenvalue weighted by Crippen LogP contribution is -2.26. The SMILES string of the molecule is CC(N)c1cccc(S(=O)(=O)NCCCOCC2CC2)c1. The number of rotatable bonds is 9. The second-order valence-corrected chi connectivity index (χ2v) is 7.40. The number of nitrogens with one attached hydrogen (secondary N) is 1. The molecule has 2 rings (SSSR count). The molecule has 1 unspecified atom stereocenters. The van der Waals surface area contributed by atoms with Crippen LogP contribution in [0.5, 0.6) is 0 Å². The maximum Gasteiger partial charge on any atom is 0.240 e. The van der Waals surface area contributed by atoms with Crippen molar-refractivity contribution in [3.05, 3.63) is 29.8 Å². The maximum atomic E-state index is 12.2. The number of ether oxygens (including phenoxy) is 1. The van der Waals surface area contributed by atoms with Crippen LogP contribution >= 0.6 is 0 Å². The summed E-state index contributed by atoms with van der Waals surface area (Å²) in [5.74, 6) is 0.739. The van der Waals surface area contributed by atoms with E-state index in [1.165, 1.54) is 12.8 Å². The summed E-state index contributed by atoms with van der Waals surface area (Å²) in [6, 6.07) is 6.56. The molecule has 1 aliphatic carbocycles. The van der Waals surface area contributed by atoms with Crippen molar-refractivity contribution in [1.29, 1.82) is 0 Å². The number of sulfonamides is 1. The lowest BCUT2D eigenvalue weighted by atomic mass is 10.1. The third-order valence-corrected chi connectivity index (χ3v) is 4.96. The molecule has 3 N–H and O–H groups in total. The van der Waals surface area contributed by atoms with Crippen LogP contribution in [0.3, 0.4) is 0 Å². The molecule has 1 aromatic rings. The number of nitrogens with two attached hydrogens (primary N) is 1. The summed E-state index contributed by atoms with van der Waals surface area (Å²) >= 11 is 0. The highest BCUT2D eigenvalue weighted by atomic mass is 32.2. The van der Waals surface area contributed by atoms with Gasteiger partial charge in [0.2, 0.25) is 10.0 Å². The quantitative estimate of drug-likeness (QED) is 0.681. The highest BCUT2D eigenvalue weighted by Gasteiger charge is 2.21. The molecule has 0 aromatic heterocycles. The van der Waals surface area contributed by atoms with E-state index in [1.54, 1.807) is 18.2 Å². The highest BCUT2D eigenvalue weighted by Crippen LogP contribution is 2.28. The standard InChI is InChI=1S/C15H24N2O3S/c1-12(16)14-4-2-5-15(10-14)21(18,19)17-8-3-9-20-11-13-6-7-13/h2,4-5,10,12-13,17H,3,6-9,11,16H2,1H3. The zero-order valence-corrected chi connectivity index (χ0v) is 13.2. The molecule has 1 aromatic carbocycles. The smallest absolute Gasteiger partial charge is 0.240 e. The topological polar surface area (TPSA) is 81.4 Å². The third kappa shape index (κ3) is 5.39. The Bertz CT molecular complexity index is 554. The van der Waals surface area contributed by atoms with Crippen molar-refractivity contribution in [3.63, 3.8) is 0 Å². The molecule has 0 amide bonds. The van der Waals surface area contributed by atoms with Crippen LogP contribution in [0.2, 0.25) is 0 Å². The first-order chi connectivity index (χ1) is 9.99. The van der Waals surface area contributed by atoms with Gasteiger partial charge in [0.25, 0.3) is 0 Å². The molecule has 1 atom stereocenters. The van der Waals surface area contributed by atoms with Crippen LogP contribution in [0.15, 0.2) is 29.2 Å². The van der Waals surface area contributed by atoms with Crippen molar-refractivity contribution in [2.45, 2.75) is 37.1 Å². The zero-order valence-electron chi connectivity index (χ0n) is 12.4. The van der Waals surface area contributed by atoms with Crippen LogP contribution in [0.25, 0.3) is 0 Å². The van der Waals surface area contributed by atoms with Gasteiger partial charge < -0.3 is 10.5 Å². The molecule has 1 saturated carbocycles. The minimum atomic E-state index is -3.47. The third-order valence-electron chi connectivity index (χ3n) is 3.50. The van der Waals surface area contributed by atoms with Crippen LogP contribution in [0.1, 0.15) is 37.8 Å². The predicted octanol–water partition coefficient (Wildman–Crippen LogP) is 1.80. The monoisotopic (exact) mass is 312 g/mol. The van der Waals surface area contributed by atoms with Crippen molar-refractivity contribution >= 4 is 10.0 Å². The van der Waals surface area contributed by atoms with Gasteiger partial charge in [0.05, 0.1) is 4.90 Å². The van der Waals surface area contributed by atoms with Gasteiger partial charge in [-0.3, -0.25) is 0 Å². The lowest BCUT2D eigenvalue weighted by Gasteiger charge is -2.10. The molecule has 0 radical (unpaired) electrons. The van der Waals surface area contributed by atoms with Gasteiger partial charge in [0.15, 0.2) is 0 Å². The van der Waals surface area contributed by atoms with E-state index in [9.17, 15) is 8.42 Å². The Morgan fingerprint density at radius 3 is 2.86 bits per heavy atom. The van der Waals surface area contributed by atoms with E-state index < -0.39 is 10.0 Å². The summed E-state index contributed by atoms with van der Waals surface area (Å²) in [4.78, 5) is 0.260. The van der Waals surface area contributed by atoms with E-state index >= 15 is 0 Å². The average Bonchev–Trinajstić information content (AvgIpc) is 3.27. The zero-order chi connectivity index (χ0) is 15.3. The van der Waals surface area contributed by atoms with Crippen LogP contribution in [-0.4, -0.2) is 28.2 Å². The summed E-state index contributed by atoms with van der Waals surface area (Å²) in [7, 11) is -3.47. The fraction of sp³-hybridized carbons (Fsp3) is 0.600. The van der Waals surface area contributed by atoms with Crippen molar-refractivity contribution in [2.24, 2.45) is 11.7 Å². The van der Waals surface area contributed by atoms with Gasteiger partial charge in [-0.25, -0.2) is 13.1 Å². The van der Waals surface area contributed by atoms with Gasteiger partial charge >= 0.3 is 0 Å². The van der Waals surface area contributed by atoms with Crippen LogP contribution in [0.4, 0.5) is 0 Å². The normalized spacial score (nSPS) is 16.9. The van der Waals surface area contributed by atoms with E-state index in [-0.39, 0.29) is 10.9 Å². The first-order valence-electron chi connectivity index (χ1n) is 7.42. The molecule has 0 aliphatic heterocycles. The number of hydrogen-bond donors (Lipinski definition) is 2. The summed E-state index contributed by atoms with van der Waals surface area (Å²) in [6.07, 6.45) is 3.21. The van der Waals surface area contributed by atoms with E-state index in [4.69, 9.17) is 10.5 Å². The summed E-state index contributed by atoms with van der Waals surface area (Å²) in [5, 5.41) is 0. The van der Waals surface area contributed by atoms with Crippen molar-refractivity contribution in [2.75, 3.05) is 19.8 Å². The summed E-state index contributed by atoms with van der Waals surface area (Å²) < 4.78 is 32.4. The summed E-state index contributed by atoms with van der Waals surface area (Å²) in [6.45, 7) is 3.62. The minimum absolute atomic E-state index is 0.184. The van der Waals surface area contributed by atoms with E-state index in [0.29, 0.717) is 19.6 Å². The molecule has 5 nitrogen and oxygen atoms in total.